The Bertz CT molecular complexity index is 1170. The molecule has 0 aliphatic rings. The van der Waals surface area contributed by atoms with Crippen molar-refractivity contribution in [3.05, 3.63) is 83.1 Å². The van der Waals surface area contributed by atoms with Crippen LogP contribution in [-0.4, -0.2) is 27.6 Å². The number of rotatable bonds is 5. The van der Waals surface area contributed by atoms with Crippen molar-refractivity contribution < 1.29 is 9.53 Å². The average Bonchev–Trinajstić information content (AvgIpc) is 3.32. The SMILES string of the molecule is COc1ccc(C(NC(=O)c2cc3c(C)cc(C)cc3[nH]2)c2nccn2C)cc1. The maximum atomic E-state index is 13.1. The van der Waals surface area contributed by atoms with Gasteiger partial charge >= 0.3 is 0 Å². The second-order valence-corrected chi connectivity index (χ2v) is 7.30. The smallest absolute Gasteiger partial charge is 0.268 e. The molecule has 0 aliphatic heterocycles. The number of hydrogen-bond donors (Lipinski definition) is 2. The van der Waals surface area contributed by atoms with Crippen molar-refractivity contribution in [2.45, 2.75) is 19.9 Å². The van der Waals surface area contributed by atoms with Gasteiger partial charge in [-0.05, 0) is 54.8 Å². The monoisotopic (exact) mass is 388 g/mol. The van der Waals surface area contributed by atoms with Crippen LogP contribution in [0.3, 0.4) is 0 Å². The third-order valence-electron chi connectivity index (χ3n) is 5.18. The number of nitrogens with one attached hydrogen (secondary N) is 2. The number of nitrogens with zero attached hydrogens (tertiary/aromatic N) is 2. The summed E-state index contributed by atoms with van der Waals surface area (Å²) in [4.78, 5) is 20.8. The lowest BCUT2D eigenvalue weighted by Crippen LogP contribution is -2.31. The average molecular weight is 388 g/mol. The highest BCUT2D eigenvalue weighted by molar-refractivity contribution is 5.99. The van der Waals surface area contributed by atoms with Gasteiger partial charge in [0.2, 0.25) is 0 Å². The van der Waals surface area contributed by atoms with E-state index in [2.05, 4.69) is 34.3 Å². The molecule has 0 saturated carbocycles. The van der Waals surface area contributed by atoms with Crippen LogP contribution in [0.4, 0.5) is 0 Å². The van der Waals surface area contributed by atoms with Crippen LogP contribution >= 0.6 is 0 Å². The summed E-state index contributed by atoms with van der Waals surface area (Å²) < 4.78 is 7.17. The van der Waals surface area contributed by atoms with E-state index in [1.165, 1.54) is 0 Å². The highest BCUT2D eigenvalue weighted by atomic mass is 16.5. The third kappa shape index (κ3) is 3.61. The molecule has 148 valence electrons. The molecule has 29 heavy (non-hydrogen) atoms. The van der Waals surface area contributed by atoms with Crippen molar-refractivity contribution in [2.75, 3.05) is 7.11 Å². The second-order valence-electron chi connectivity index (χ2n) is 7.30. The number of fused-ring (bicyclic) bond motifs is 1. The molecule has 2 heterocycles. The Hall–Kier alpha value is -3.54. The molecule has 0 fully saturated rings. The van der Waals surface area contributed by atoms with E-state index in [4.69, 9.17) is 4.74 Å². The first-order chi connectivity index (χ1) is 14.0. The summed E-state index contributed by atoms with van der Waals surface area (Å²) in [6, 6.07) is 13.3. The lowest BCUT2D eigenvalue weighted by atomic mass is 10.1. The van der Waals surface area contributed by atoms with Crippen molar-refractivity contribution in [3.8, 4) is 5.75 Å². The number of aromatic amines is 1. The topological polar surface area (TPSA) is 71.9 Å². The number of amides is 1. The standard InChI is InChI=1S/C23H24N4O2/c1-14-11-15(2)18-13-20(25-19(18)12-14)23(28)26-21(22-24-9-10-27(22)3)16-5-7-17(29-4)8-6-16/h5-13,21,25H,1-4H3,(H,26,28). The van der Waals surface area contributed by atoms with Crippen LogP contribution in [0, 0.1) is 13.8 Å². The summed E-state index contributed by atoms with van der Waals surface area (Å²) in [6.45, 7) is 4.10. The Labute approximate surface area is 169 Å². The Kier molecular flexibility index (Phi) is 4.84. The van der Waals surface area contributed by atoms with E-state index >= 15 is 0 Å². The Balaban J connectivity index is 1.69. The van der Waals surface area contributed by atoms with Gasteiger partial charge in [0.05, 0.1) is 7.11 Å². The number of methoxy groups -OCH3 is 1. The van der Waals surface area contributed by atoms with Gasteiger partial charge in [-0.3, -0.25) is 4.79 Å². The largest absolute Gasteiger partial charge is 0.497 e. The molecule has 0 saturated heterocycles. The van der Waals surface area contributed by atoms with E-state index in [1.54, 1.807) is 13.3 Å². The molecule has 0 spiro atoms. The predicted octanol–water partition coefficient (Wildman–Crippen LogP) is 4.05. The lowest BCUT2D eigenvalue weighted by molar-refractivity contribution is 0.0937. The van der Waals surface area contributed by atoms with Crippen molar-refractivity contribution >= 4 is 16.8 Å². The number of H-pyrrole nitrogens is 1. The number of ether oxygens (including phenoxy) is 1. The first-order valence-electron chi connectivity index (χ1n) is 9.48. The van der Waals surface area contributed by atoms with Gasteiger partial charge < -0.3 is 19.6 Å². The molecule has 4 rings (SSSR count). The summed E-state index contributed by atoms with van der Waals surface area (Å²) in [5.41, 5.74) is 4.72. The van der Waals surface area contributed by atoms with Gasteiger partial charge in [-0.2, -0.15) is 0 Å². The van der Waals surface area contributed by atoms with Crippen LogP contribution in [0.2, 0.25) is 0 Å². The molecule has 2 aromatic carbocycles. The second kappa shape index (κ2) is 7.47. The molecule has 1 unspecified atom stereocenters. The van der Waals surface area contributed by atoms with E-state index in [0.29, 0.717) is 5.69 Å². The van der Waals surface area contributed by atoms with Crippen LogP contribution in [0.5, 0.6) is 5.75 Å². The zero-order valence-electron chi connectivity index (χ0n) is 17.0. The van der Waals surface area contributed by atoms with E-state index in [-0.39, 0.29) is 11.9 Å². The predicted molar refractivity (Wildman–Crippen MR) is 113 cm³/mol. The van der Waals surface area contributed by atoms with Crippen molar-refractivity contribution in [1.29, 1.82) is 0 Å². The highest BCUT2D eigenvalue weighted by Gasteiger charge is 2.22. The number of benzene rings is 2. The van der Waals surface area contributed by atoms with Crippen molar-refractivity contribution in [1.82, 2.24) is 19.9 Å². The van der Waals surface area contributed by atoms with Crippen LogP contribution in [-0.2, 0) is 7.05 Å². The zero-order chi connectivity index (χ0) is 20.5. The summed E-state index contributed by atoms with van der Waals surface area (Å²) in [5.74, 6) is 1.34. The first-order valence-corrected chi connectivity index (χ1v) is 9.48. The fourth-order valence-electron chi connectivity index (χ4n) is 3.68. The molecule has 6 heteroatoms. The quantitative estimate of drug-likeness (QED) is 0.542. The summed E-state index contributed by atoms with van der Waals surface area (Å²) in [5, 5.41) is 4.19. The molecule has 4 aromatic rings. The maximum Gasteiger partial charge on any atom is 0.268 e. The molecule has 2 N–H and O–H groups in total. The molecule has 1 amide bonds. The fraction of sp³-hybridized carbons (Fsp3) is 0.217. The first kappa shape index (κ1) is 18.8. The van der Waals surface area contributed by atoms with Gasteiger partial charge in [-0.25, -0.2) is 4.98 Å². The van der Waals surface area contributed by atoms with Crippen LogP contribution in [0.1, 0.15) is 39.0 Å². The van der Waals surface area contributed by atoms with E-state index in [1.807, 2.05) is 55.1 Å². The lowest BCUT2D eigenvalue weighted by Gasteiger charge is -2.19. The van der Waals surface area contributed by atoms with Crippen LogP contribution in [0.25, 0.3) is 10.9 Å². The molecule has 0 bridgehead atoms. The van der Waals surface area contributed by atoms with Gasteiger partial charge in [-0.15, -0.1) is 0 Å². The number of hydrogen-bond acceptors (Lipinski definition) is 3. The Morgan fingerprint density at radius 2 is 1.93 bits per heavy atom. The van der Waals surface area contributed by atoms with E-state index < -0.39 is 0 Å². The highest BCUT2D eigenvalue weighted by Crippen LogP contribution is 2.25. The molecule has 0 radical (unpaired) electrons. The number of aromatic nitrogens is 3. The third-order valence-corrected chi connectivity index (χ3v) is 5.18. The van der Waals surface area contributed by atoms with Gasteiger partial charge in [0, 0.05) is 30.3 Å². The van der Waals surface area contributed by atoms with Crippen molar-refractivity contribution in [3.63, 3.8) is 0 Å². The van der Waals surface area contributed by atoms with Gasteiger partial charge in [-0.1, -0.05) is 18.2 Å². The molecular weight excluding hydrogens is 364 g/mol. The van der Waals surface area contributed by atoms with E-state index in [9.17, 15) is 4.79 Å². The Morgan fingerprint density at radius 1 is 1.17 bits per heavy atom. The molecule has 1 atom stereocenters. The van der Waals surface area contributed by atoms with Crippen molar-refractivity contribution in [2.24, 2.45) is 7.05 Å². The number of carbonyl (C=O) groups is 1. The van der Waals surface area contributed by atoms with Gasteiger partial charge in [0.1, 0.15) is 23.3 Å². The molecular formula is C23H24N4O2. The fourth-order valence-corrected chi connectivity index (χ4v) is 3.68. The minimum atomic E-state index is -0.386. The number of imidazole rings is 1. The normalized spacial score (nSPS) is 12.1. The summed E-state index contributed by atoms with van der Waals surface area (Å²) >= 11 is 0. The molecule has 6 nitrogen and oxygen atoms in total. The van der Waals surface area contributed by atoms with Gasteiger partial charge in [0.15, 0.2) is 0 Å². The van der Waals surface area contributed by atoms with E-state index in [0.717, 1.165) is 39.2 Å². The number of carbonyl (C=O) groups excluding carboxylic acids is 1. The number of aryl methyl sites for hydroxylation is 3. The zero-order valence-corrected chi connectivity index (χ0v) is 17.0. The summed E-state index contributed by atoms with van der Waals surface area (Å²) in [7, 11) is 3.55. The molecule has 2 aromatic heterocycles. The van der Waals surface area contributed by atoms with Gasteiger partial charge in [0.25, 0.3) is 5.91 Å². The van der Waals surface area contributed by atoms with Crippen LogP contribution < -0.4 is 10.1 Å². The minimum absolute atomic E-state index is 0.179. The minimum Gasteiger partial charge on any atom is -0.497 e. The maximum absolute atomic E-state index is 13.1. The summed E-state index contributed by atoms with van der Waals surface area (Å²) in [6.07, 6.45) is 3.60. The van der Waals surface area contributed by atoms with Crippen LogP contribution in [0.15, 0.2) is 54.9 Å². The Morgan fingerprint density at radius 3 is 2.59 bits per heavy atom. The molecule has 0 aliphatic carbocycles.